The predicted molar refractivity (Wildman–Crippen MR) is 72.9 cm³/mol. The van der Waals surface area contributed by atoms with Gasteiger partial charge in [-0.15, -0.1) is 0 Å². The van der Waals surface area contributed by atoms with Crippen LogP contribution in [0.3, 0.4) is 0 Å². The molecular formula is C13H15BrN2O3. The second-order valence-corrected chi connectivity index (χ2v) is 5.69. The number of nitrogens with one attached hydrogen (secondary N) is 1. The number of amides is 1. The molecule has 1 amide bonds. The molecule has 0 saturated heterocycles. The van der Waals surface area contributed by atoms with E-state index in [1.165, 1.54) is 6.20 Å². The summed E-state index contributed by atoms with van der Waals surface area (Å²) in [5, 5.41) is 11.9. The van der Waals surface area contributed by atoms with Gasteiger partial charge in [0.2, 0.25) is 0 Å². The quantitative estimate of drug-likeness (QED) is 0.832. The zero-order chi connectivity index (χ0) is 13.9. The number of carboxylic acids is 1. The van der Waals surface area contributed by atoms with Crippen LogP contribution in [0.5, 0.6) is 0 Å². The first kappa shape index (κ1) is 14.0. The SMILES string of the molecule is O=C(O)CC1(NC(=O)c2ccc(Br)nc2)CCCC1. The van der Waals surface area contributed by atoms with Crippen LogP contribution >= 0.6 is 15.9 Å². The van der Waals surface area contributed by atoms with E-state index in [1.807, 2.05) is 0 Å². The van der Waals surface area contributed by atoms with Crippen LogP contribution in [0.15, 0.2) is 22.9 Å². The van der Waals surface area contributed by atoms with Crippen LogP contribution in [-0.2, 0) is 4.79 Å². The minimum atomic E-state index is -0.879. The largest absolute Gasteiger partial charge is 0.481 e. The lowest BCUT2D eigenvalue weighted by Crippen LogP contribution is -2.47. The highest BCUT2D eigenvalue weighted by atomic mass is 79.9. The summed E-state index contributed by atoms with van der Waals surface area (Å²) in [5.74, 6) is -1.14. The number of hydrogen-bond donors (Lipinski definition) is 2. The molecule has 1 aliphatic rings. The van der Waals surface area contributed by atoms with Gasteiger partial charge in [0, 0.05) is 6.20 Å². The Hall–Kier alpha value is -1.43. The van der Waals surface area contributed by atoms with Crippen molar-refractivity contribution in [3.05, 3.63) is 28.5 Å². The summed E-state index contributed by atoms with van der Waals surface area (Å²) in [7, 11) is 0. The van der Waals surface area contributed by atoms with Gasteiger partial charge in [0.15, 0.2) is 0 Å². The van der Waals surface area contributed by atoms with Gasteiger partial charge >= 0.3 is 5.97 Å². The number of carbonyl (C=O) groups excluding carboxylic acids is 1. The Morgan fingerprint density at radius 3 is 2.58 bits per heavy atom. The second-order valence-electron chi connectivity index (χ2n) is 4.88. The molecule has 0 aliphatic heterocycles. The zero-order valence-corrected chi connectivity index (χ0v) is 11.9. The van der Waals surface area contributed by atoms with E-state index >= 15 is 0 Å². The van der Waals surface area contributed by atoms with Crippen LogP contribution in [0.4, 0.5) is 0 Å². The molecule has 2 N–H and O–H groups in total. The van der Waals surface area contributed by atoms with Crippen molar-refractivity contribution >= 4 is 27.8 Å². The Kier molecular flexibility index (Phi) is 4.19. The monoisotopic (exact) mass is 326 g/mol. The van der Waals surface area contributed by atoms with E-state index in [0.717, 1.165) is 25.7 Å². The molecule has 0 atom stereocenters. The van der Waals surface area contributed by atoms with Gasteiger partial charge in [-0.1, -0.05) is 12.8 Å². The smallest absolute Gasteiger partial charge is 0.305 e. The minimum absolute atomic E-state index is 0.0251. The fourth-order valence-electron chi connectivity index (χ4n) is 2.51. The summed E-state index contributed by atoms with van der Waals surface area (Å²) in [4.78, 5) is 27.1. The fraction of sp³-hybridized carbons (Fsp3) is 0.462. The van der Waals surface area contributed by atoms with Gasteiger partial charge in [-0.2, -0.15) is 0 Å². The molecule has 0 unspecified atom stereocenters. The molecule has 1 aromatic heterocycles. The molecule has 1 saturated carbocycles. The van der Waals surface area contributed by atoms with Gasteiger partial charge < -0.3 is 10.4 Å². The van der Waals surface area contributed by atoms with E-state index in [4.69, 9.17) is 5.11 Å². The minimum Gasteiger partial charge on any atom is -0.481 e. The van der Waals surface area contributed by atoms with Crippen molar-refractivity contribution in [3.8, 4) is 0 Å². The second kappa shape index (κ2) is 5.69. The summed E-state index contributed by atoms with van der Waals surface area (Å²) in [6.07, 6.45) is 4.79. The molecule has 5 nitrogen and oxygen atoms in total. The molecular weight excluding hydrogens is 312 g/mol. The molecule has 6 heteroatoms. The van der Waals surface area contributed by atoms with Crippen molar-refractivity contribution in [3.63, 3.8) is 0 Å². The number of hydrogen-bond acceptors (Lipinski definition) is 3. The molecule has 0 bridgehead atoms. The first-order valence-electron chi connectivity index (χ1n) is 6.17. The normalized spacial score (nSPS) is 17.1. The Morgan fingerprint density at radius 1 is 1.37 bits per heavy atom. The van der Waals surface area contributed by atoms with Gasteiger partial charge in [0.05, 0.1) is 17.5 Å². The average molecular weight is 327 g/mol. The van der Waals surface area contributed by atoms with E-state index in [1.54, 1.807) is 12.1 Å². The van der Waals surface area contributed by atoms with Crippen molar-refractivity contribution in [2.45, 2.75) is 37.6 Å². The van der Waals surface area contributed by atoms with Crippen molar-refractivity contribution in [2.75, 3.05) is 0 Å². The third-order valence-electron chi connectivity index (χ3n) is 3.42. The van der Waals surface area contributed by atoms with Gasteiger partial charge in [0.1, 0.15) is 4.60 Å². The number of halogens is 1. The molecule has 102 valence electrons. The number of carbonyl (C=O) groups is 2. The summed E-state index contributed by atoms with van der Waals surface area (Å²) < 4.78 is 0.658. The summed E-state index contributed by atoms with van der Waals surface area (Å²) >= 11 is 3.21. The summed E-state index contributed by atoms with van der Waals surface area (Å²) in [5.41, 5.74) is -0.157. The number of carboxylic acid groups (broad SMARTS) is 1. The van der Waals surface area contributed by atoms with Crippen molar-refractivity contribution in [1.82, 2.24) is 10.3 Å². The molecule has 0 spiro atoms. The third kappa shape index (κ3) is 3.53. The highest BCUT2D eigenvalue weighted by Gasteiger charge is 2.37. The number of aromatic nitrogens is 1. The van der Waals surface area contributed by atoms with Gasteiger partial charge in [-0.3, -0.25) is 9.59 Å². The lowest BCUT2D eigenvalue weighted by atomic mass is 9.93. The lowest BCUT2D eigenvalue weighted by molar-refractivity contribution is -0.138. The van der Waals surface area contributed by atoms with Crippen molar-refractivity contribution in [1.29, 1.82) is 0 Å². The summed E-state index contributed by atoms with van der Waals surface area (Å²) in [6, 6.07) is 3.35. The maximum Gasteiger partial charge on any atom is 0.305 e. The number of rotatable bonds is 4. The standard InChI is InChI=1S/C13H15BrN2O3/c14-10-4-3-9(8-15-10)12(19)16-13(7-11(17)18)5-1-2-6-13/h3-4,8H,1-2,5-7H2,(H,16,19)(H,17,18). The molecule has 1 heterocycles. The first-order chi connectivity index (χ1) is 9.01. The molecule has 19 heavy (non-hydrogen) atoms. The first-order valence-corrected chi connectivity index (χ1v) is 6.96. The van der Waals surface area contributed by atoms with E-state index < -0.39 is 11.5 Å². The lowest BCUT2D eigenvalue weighted by Gasteiger charge is -2.28. The molecule has 1 fully saturated rings. The van der Waals surface area contributed by atoms with Crippen molar-refractivity contribution in [2.24, 2.45) is 0 Å². The van der Waals surface area contributed by atoms with Crippen LogP contribution in [0.25, 0.3) is 0 Å². The van der Waals surface area contributed by atoms with Crippen LogP contribution in [-0.4, -0.2) is 27.5 Å². The molecule has 0 aromatic carbocycles. The highest BCUT2D eigenvalue weighted by molar-refractivity contribution is 9.10. The number of aliphatic carboxylic acids is 1. The molecule has 0 radical (unpaired) electrons. The summed E-state index contributed by atoms with van der Waals surface area (Å²) in [6.45, 7) is 0. The van der Waals surface area contributed by atoms with Crippen LogP contribution < -0.4 is 5.32 Å². The van der Waals surface area contributed by atoms with Crippen LogP contribution in [0, 0.1) is 0 Å². The molecule has 1 aromatic rings. The van der Waals surface area contributed by atoms with Crippen molar-refractivity contribution < 1.29 is 14.7 Å². The highest BCUT2D eigenvalue weighted by Crippen LogP contribution is 2.32. The zero-order valence-electron chi connectivity index (χ0n) is 10.4. The number of nitrogens with zero attached hydrogens (tertiary/aromatic N) is 1. The van der Waals surface area contributed by atoms with Crippen LogP contribution in [0.1, 0.15) is 42.5 Å². The van der Waals surface area contributed by atoms with E-state index in [2.05, 4.69) is 26.2 Å². The molecule has 1 aliphatic carbocycles. The van der Waals surface area contributed by atoms with E-state index in [9.17, 15) is 9.59 Å². The maximum atomic E-state index is 12.1. The van der Waals surface area contributed by atoms with E-state index in [0.29, 0.717) is 10.2 Å². The topological polar surface area (TPSA) is 79.3 Å². The third-order valence-corrected chi connectivity index (χ3v) is 3.89. The van der Waals surface area contributed by atoms with Gasteiger partial charge in [0.25, 0.3) is 5.91 Å². The molecule has 2 rings (SSSR count). The van der Waals surface area contributed by atoms with Gasteiger partial charge in [-0.05, 0) is 40.9 Å². The Labute approximate surface area is 119 Å². The Balaban J connectivity index is 2.11. The number of pyridine rings is 1. The van der Waals surface area contributed by atoms with Crippen LogP contribution in [0.2, 0.25) is 0 Å². The fourth-order valence-corrected chi connectivity index (χ4v) is 2.74. The average Bonchev–Trinajstić information content (AvgIpc) is 2.77. The Morgan fingerprint density at radius 2 is 2.05 bits per heavy atom. The van der Waals surface area contributed by atoms with Gasteiger partial charge in [-0.25, -0.2) is 4.98 Å². The maximum absolute atomic E-state index is 12.1. The predicted octanol–water partition coefficient (Wildman–Crippen LogP) is 2.36. The van der Waals surface area contributed by atoms with E-state index in [-0.39, 0.29) is 12.3 Å². The Bertz CT molecular complexity index is 481.